The number of hydrogen-bond acceptors (Lipinski definition) is 5. The van der Waals surface area contributed by atoms with Crippen molar-refractivity contribution in [1.82, 2.24) is 5.06 Å². The first-order valence-electron chi connectivity index (χ1n) is 10.1. The second-order valence-electron chi connectivity index (χ2n) is 8.48. The lowest BCUT2D eigenvalue weighted by Gasteiger charge is -2.43. The average Bonchev–Trinajstić information content (AvgIpc) is 2.73. The molecule has 0 aliphatic carbocycles. The van der Waals surface area contributed by atoms with Gasteiger partial charge >= 0.3 is 0 Å². The molecule has 0 aliphatic heterocycles. The molecule has 2 atom stereocenters. The number of benzene rings is 2. The van der Waals surface area contributed by atoms with Crippen molar-refractivity contribution in [2.24, 2.45) is 5.73 Å². The summed E-state index contributed by atoms with van der Waals surface area (Å²) in [5.74, 6) is -0.342. The van der Waals surface area contributed by atoms with E-state index in [1.807, 2.05) is 36.4 Å². The fourth-order valence-corrected chi connectivity index (χ4v) is 8.25. The van der Waals surface area contributed by atoms with Crippen molar-refractivity contribution >= 4 is 24.6 Å². The minimum Gasteiger partial charge on any atom is -0.406 e. The molecule has 0 saturated carbocycles. The molecule has 1 amide bonds. The van der Waals surface area contributed by atoms with Gasteiger partial charge in [0.2, 0.25) is 5.91 Å². The Hall–Kier alpha value is -2.03. The first-order valence-corrected chi connectivity index (χ1v) is 12.0. The molecule has 0 heterocycles. The Balaban J connectivity index is 2.34. The van der Waals surface area contributed by atoms with E-state index in [0.29, 0.717) is 0 Å². The number of carbonyl (C=O) groups excluding carboxylic acids is 1. The number of hydrogen-bond donors (Lipinski definition) is 2. The number of rotatable bonds is 9. The molecule has 2 aromatic rings. The average molecular weight is 431 g/mol. The molecule has 0 spiro atoms. The Morgan fingerprint density at radius 2 is 1.53 bits per heavy atom. The van der Waals surface area contributed by atoms with Gasteiger partial charge in [-0.1, -0.05) is 81.4 Å². The van der Waals surface area contributed by atoms with Crippen LogP contribution in [0.1, 0.15) is 27.2 Å². The van der Waals surface area contributed by atoms with Crippen LogP contribution < -0.4 is 16.1 Å². The molecule has 2 aromatic carbocycles. The Kier molecular flexibility index (Phi) is 8.34. The van der Waals surface area contributed by atoms with Crippen LogP contribution in [0.4, 0.5) is 0 Å². The molecule has 164 valence electrons. The predicted octanol–water partition coefficient (Wildman–Crippen LogP) is 1.66. The van der Waals surface area contributed by atoms with Crippen LogP contribution in [0.5, 0.6) is 0 Å². The fraction of sp³-hybridized carbons (Fsp3) is 0.435. The number of aliphatic hydroxyl groups excluding tert-OH is 1. The van der Waals surface area contributed by atoms with Crippen LogP contribution in [0, 0.1) is 0 Å². The maximum Gasteiger partial charge on any atom is 0.261 e. The van der Waals surface area contributed by atoms with E-state index in [-0.39, 0.29) is 24.0 Å². The Morgan fingerprint density at radius 1 is 1.07 bits per heavy atom. The second kappa shape index (κ2) is 10.3. The van der Waals surface area contributed by atoms with Crippen LogP contribution in [0.2, 0.25) is 5.04 Å². The monoisotopic (exact) mass is 430 g/mol. The lowest BCUT2D eigenvalue weighted by molar-refractivity contribution is -0.171. The summed E-state index contributed by atoms with van der Waals surface area (Å²) in [5, 5.41) is 13.7. The van der Waals surface area contributed by atoms with Crippen molar-refractivity contribution in [2.75, 3.05) is 20.8 Å². The summed E-state index contributed by atoms with van der Waals surface area (Å²) in [5.41, 5.74) is 6.25. The lowest BCUT2D eigenvalue weighted by Crippen LogP contribution is -2.67. The van der Waals surface area contributed by atoms with Gasteiger partial charge in [-0.25, -0.2) is 5.06 Å². The van der Waals surface area contributed by atoms with Crippen molar-refractivity contribution in [1.29, 1.82) is 0 Å². The van der Waals surface area contributed by atoms with Gasteiger partial charge in [0.05, 0.1) is 32.3 Å². The van der Waals surface area contributed by atoms with Crippen LogP contribution in [0.15, 0.2) is 60.7 Å². The van der Waals surface area contributed by atoms with E-state index >= 15 is 0 Å². The quantitative estimate of drug-likeness (QED) is 0.467. The van der Waals surface area contributed by atoms with Crippen molar-refractivity contribution in [3.05, 3.63) is 60.7 Å². The largest absolute Gasteiger partial charge is 0.406 e. The molecule has 0 bridgehead atoms. The molecule has 0 fully saturated rings. The molecule has 0 radical (unpaired) electrons. The van der Waals surface area contributed by atoms with Gasteiger partial charge in [-0.05, 0) is 15.4 Å². The second-order valence-corrected chi connectivity index (χ2v) is 12.8. The summed E-state index contributed by atoms with van der Waals surface area (Å²) in [4.78, 5) is 16.9. The van der Waals surface area contributed by atoms with E-state index < -0.39 is 20.5 Å². The number of nitrogens with two attached hydrogens (primary N) is 1. The van der Waals surface area contributed by atoms with Gasteiger partial charge in [0, 0.05) is 7.05 Å². The highest BCUT2D eigenvalue weighted by Gasteiger charge is 2.50. The van der Waals surface area contributed by atoms with Crippen molar-refractivity contribution < 1.29 is 19.2 Å². The molecule has 0 saturated heterocycles. The molecule has 2 rings (SSSR count). The summed E-state index contributed by atoms with van der Waals surface area (Å²) >= 11 is 0. The zero-order chi connectivity index (χ0) is 22.4. The van der Waals surface area contributed by atoms with E-state index in [4.69, 9.17) is 15.0 Å². The number of hydroxylamine groups is 2. The van der Waals surface area contributed by atoms with Crippen LogP contribution >= 0.6 is 0 Å². The van der Waals surface area contributed by atoms with Gasteiger partial charge in [-0.2, -0.15) is 0 Å². The van der Waals surface area contributed by atoms with Crippen LogP contribution in [0.25, 0.3) is 0 Å². The van der Waals surface area contributed by atoms with Gasteiger partial charge in [-0.3, -0.25) is 9.63 Å². The molecular formula is C23H34N2O4Si. The highest BCUT2D eigenvalue weighted by atomic mass is 28.4. The minimum atomic E-state index is -2.74. The SMILES string of the molecule is CON(C)C(=O)C[C@@H](O)[C@H](N)CO[Si](c1ccccc1)(c1ccccc1)C(C)(C)C. The number of aliphatic hydroxyl groups is 1. The van der Waals surface area contributed by atoms with Gasteiger partial charge in [0.25, 0.3) is 8.32 Å². The molecule has 0 unspecified atom stereocenters. The minimum absolute atomic E-state index is 0.129. The Bertz CT molecular complexity index is 756. The predicted molar refractivity (Wildman–Crippen MR) is 122 cm³/mol. The van der Waals surface area contributed by atoms with Crippen molar-refractivity contribution in [2.45, 2.75) is 44.4 Å². The number of carbonyl (C=O) groups is 1. The van der Waals surface area contributed by atoms with Gasteiger partial charge in [0.1, 0.15) is 0 Å². The zero-order valence-corrected chi connectivity index (χ0v) is 19.5. The van der Waals surface area contributed by atoms with E-state index in [1.54, 1.807) is 0 Å². The van der Waals surface area contributed by atoms with Crippen LogP contribution in [-0.4, -0.2) is 57.3 Å². The lowest BCUT2D eigenvalue weighted by atomic mass is 10.1. The van der Waals surface area contributed by atoms with E-state index in [0.717, 1.165) is 15.4 Å². The third-order valence-electron chi connectivity index (χ3n) is 5.41. The molecule has 3 N–H and O–H groups in total. The highest BCUT2D eigenvalue weighted by Crippen LogP contribution is 2.36. The van der Waals surface area contributed by atoms with Gasteiger partial charge in [0.15, 0.2) is 0 Å². The first-order chi connectivity index (χ1) is 14.1. The number of nitrogens with zero attached hydrogens (tertiary/aromatic N) is 1. The first kappa shape index (κ1) is 24.2. The highest BCUT2D eigenvalue weighted by molar-refractivity contribution is 6.99. The van der Waals surface area contributed by atoms with E-state index in [1.165, 1.54) is 14.2 Å². The standard InChI is InChI=1S/C23H34N2O4Si/c1-23(2,3)30(18-12-8-6-9-13-18,19-14-10-7-11-15-19)29-17-20(24)21(26)16-22(27)25(4)28-5/h6-15,20-21,26H,16-17,24H2,1-5H3/t20-,21-/m1/s1. The molecule has 6 nitrogen and oxygen atoms in total. The smallest absolute Gasteiger partial charge is 0.261 e. The van der Waals surface area contributed by atoms with E-state index in [2.05, 4.69) is 45.0 Å². The summed E-state index contributed by atoms with van der Waals surface area (Å²) in [6, 6.07) is 19.7. The third kappa shape index (κ3) is 5.36. The van der Waals surface area contributed by atoms with Crippen molar-refractivity contribution in [3.63, 3.8) is 0 Å². The summed E-state index contributed by atoms with van der Waals surface area (Å²) in [6.45, 7) is 6.67. The molecule has 0 aromatic heterocycles. The molecule has 30 heavy (non-hydrogen) atoms. The fourth-order valence-electron chi connectivity index (χ4n) is 3.65. The van der Waals surface area contributed by atoms with Crippen LogP contribution in [0.3, 0.4) is 0 Å². The maximum atomic E-state index is 12.0. The zero-order valence-electron chi connectivity index (χ0n) is 18.5. The van der Waals surface area contributed by atoms with Crippen LogP contribution in [-0.2, 0) is 14.1 Å². The van der Waals surface area contributed by atoms with Crippen molar-refractivity contribution in [3.8, 4) is 0 Å². The number of amides is 1. The normalized spacial score (nSPS) is 14.2. The Labute approximate surface area is 180 Å². The summed E-state index contributed by atoms with van der Waals surface area (Å²) < 4.78 is 6.72. The van der Waals surface area contributed by atoms with Gasteiger partial charge < -0.3 is 15.3 Å². The topological polar surface area (TPSA) is 85.0 Å². The molecular weight excluding hydrogens is 396 g/mol. The summed E-state index contributed by atoms with van der Waals surface area (Å²) in [7, 11) is 0.161. The molecule has 7 heteroatoms. The third-order valence-corrected chi connectivity index (χ3v) is 10.4. The Morgan fingerprint density at radius 3 is 1.93 bits per heavy atom. The summed E-state index contributed by atoms with van der Waals surface area (Å²) in [6.07, 6.45) is -1.16. The van der Waals surface area contributed by atoms with Gasteiger partial charge in [-0.15, -0.1) is 0 Å². The molecule has 0 aliphatic rings. The van der Waals surface area contributed by atoms with E-state index in [9.17, 15) is 9.90 Å². The maximum absolute atomic E-state index is 12.0.